The first kappa shape index (κ1) is 20.1. The molecule has 0 aliphatic heterocycles. The van der Waals surface area contributed by atoms with E-state index in [9.17, 15) is 13.2 Å². The fourth-order valence-electron chi connectivity index (χ4n) is 2.24. The molecular formula is C18H13Cl2N3O4S. The molecule has 28 heavy (non-hydrogen) atoms. The smallest absolute Gasteiger partial charge is 0.271 e. The number of furan rings is 1. The molecule has 2 aromatic carbocycles. The lowest BCUT2D eigenvalue weighted by Gasteiger charge is -2.01. The van der Waals surface area contributed by atoms with Crippen LogP contribution in [0.5, 0.6) is 0 Å². The number of hydrogen-bond acceptors (Lipinski definition) is 5. The molecule has 1 aromatic heterocycles. The van der Waals surface area contributed by atoms with E-state index in [1.54, 1.807) is 24.3 Å². The highest BCUT2D eigenvalue weighted by Gasteiger charge is 2.10. The molecule has 0 radical (unpaired) electrons. The van der Waals surface area contributed by atoms with Gasteiger partial charge in [-0.2, -0.15) is 5.10 Å². The molecule has 144 valence electrons. The highest BCUT2D eigenvalue weighted by molar-refractivity contribution is 7.89. The number of nitrogens with one attached hydrogen (secondary N) is 1. The third-order valence-electron chi connectivity index (χ3n) is 3.63. The fourth-order valence-corrected chi connectivity index (χ4v) is 3.06. The summed E-state index contributed by atoms with van der Waals surface area (Å²) < 4.78 is 28.2. The van der Waals surface area contributed by atoms with Crippen LogP contribution in [0.25, 0.3) is 11.3 Å². The maximum atomic E-state index is 12.0. The molecule has 10 heteroatoms. The van der Waals surface area contributed by atoms with Gasteiger partial charge in [0, 0.05) is 11.1 Å². The van der Waals surface area contributed by atoms with Crippen molar-refractivity contribution in [2.75, 3.05) is 0 Å². The lowest BCUT2D eigenvalue weighted by Crippen LogP contribution is -2.17. The topological polar surface area (TPSA) is 115 Å². The zero-order chi connectivity index (χ0) is 20.3. The average molecular weight is 438 g/mol. The Morgan fingerprint density at radius 2 is 1.75 bits per heavy atom. The summed E-state index contributed by atoms with van der Waals surface area (Å²) in [6, 6.07) is 13.7. The van der Waals surface area contributed by atoms with Crippen LogP contribution in [0.3, 0.4) is 0 Å². The normalized spacial score (nSPS) is 11.7. The first-order chi connectivity index (χ1) is 13.2. The molecule has 0 aliphatic carbocycles. The summed E-state index contributed by atoms with van der Waals surface area (Å²) in [4.78, 5) is 12.0. The van der Waals surface area contributed by atoms with Crippen molar-refractivity contribution in [3.8, 4) is 11.3 Å². The highest BCUT2D eigenvalue weighted by atomic mass is 35.5. The molecule has 7 nitrogen and oxygen atoms in total. The van der Waals surface area contributed by atoms with Crippen LogP contribution in [0.15, 0.2) is 69.0 Å². The van der Waals surface area contributed by atoms with Crippen LogP contribution >= 0.6 is 23.2 Å². The number of halogens is 2. The third-order valence-corrected chi connectivity index (χ3v) is 5.30. The Hall–Kier alpha value is -2.65. The van der Waals surface area contributed by atoms with Gasteiger partial charge < -0.3 is 4.42 Å². The number of hydrogen-bond donors (Lipinski definition) is 2. The molecule has 0 fully saturated rings. The van der Waals surface area contributed by atoms with Gasteiger partial charge in [0.2, 0.25) is 10.0 Å². The van der Waals surface area contributed by atoms with Gasteiger partial charge in [-0.25, -0.2) is 19.0 Å². The van der Waals surface area contributed by atoms with Crippen LogP contribution in [0.4, 0.5) is 0 Å². The SMILES string of the molecule is NS(=O)(=O)c1ccc(-c2ccc(/C=N\NC(=O)c3ccc(Cl)c(Cl)c3)o2)cc1. The quantitative estimate of drug-likeness (QED) is 0.467. The van der Waals surface area contributed by atoms with E-state index in [1.165, 1.54) is 36.5 Å². The van der Waals surface area contributed by atoms with Crippen molar-refractivity contribution in [2.45, 2.75) is 4.90 Å². The second-order valence-corrected chi connectivity index (χ2v) is 7.98. The van der Waals surface area contributed by atoms with Crippen LogP contribution in [0.2, 0.25) is 10.0 Å². The molecule has 1 amide bonds. The van der Waals surface area contributed by atoms with Crippen molar-refractivity contribution >= 4 is 45.3 Å². The number of hydrazone groups is 1. The number of benzene rings is 2. The zero-order valence-electron chi connectivity index (χ0n) is 14.1. The summed E-state index contributed by atoms with van der Waals surface area (Å²) in [5.41, 5.74) is 3.32. The Kier molecular flexibility index (Phi) is 5.85. The molecule has 0 spiro atoms. The van der Waals surface area contributed by atoms with E-state index in [2.05, 4.69) is 10.5 Å². The predicted octanol–water partition coefficient (Wildman–Crippen LogP) is 3.66. The Labute approximate surface area is 170 Å². The van der Waals surface area contributed by atoms with Crippen molar-refractivity contribution in [3.63, 3.8) is 0 Å². The minimum atomic E-state index is -3.75. The fraction of sp³-hybridized carbons (Fsp3) is 0. The average Bonchev–Trinajstić information content (AvgIpc) is 3.12. The minimum absolute atomic E-state index is 0.00890. The molecule has 1 heterocycles. The summed E-state index contributed by atoms with van der Waals surface area (Å²) in [5.74, 6) is 0.429. The Morgan fingerprint density at radius 3 is 2.39 bits per heavy atom. The largest absolute Gasteiger partial charge is 0.455 e. The van der Waals surface area contributed by atoms with Crippen molar-refractivity contribution < 1.29 is 17.6 Å². The summed E-state index contributed by atoms with van der Waals surface area (Å²) >= 11 is 11.7. The summed E-state index contributed by atoms with van der Waals surface area (Å²) in [6.45, 7) is 0. The number of rotatable bonds is 5. The van der Waals surface area contributed by atoms with Crippen molar-refractivity contribution in [1.82, 2.24) is 5.43 Å². The number of carbonyl (C=O) groups is 1. The van der Waals surface area contributed by atoms with E-state index in [-0.39, 0.29) is 9.92 Å². The van der Waals surface area contributed by atoms with Gasteiger partial charge >= 0.3 is 0 Å². The zero-order valence-corrected chi connectivity index (χ0v) is 16.4. The summed E-state index contributed by atoms with van der Waals surface area (Å²) in [7, 11) is -3.75. The Bertz CT molecular complexity index is 1160. The molecular weight excluding hydrogens is 425 g/mol. The van der Waals surface area contributed by atoms with Crippen molar-refractivity contribution in [3.05, 3.63) is 76.0 Å². The number of amides is 1. The standard InChI is InChI=1S/C18H13Cl2N3O4S/c19-15-7-3-12(9-16(15)20)18(24)23-22-10-13-4-8-17(27-13)11-1-5-14(6-2-11)28(21,25)26/h1-10H,(H,23,24)(H2,21,25,26)/b22-10-. The monoisotopic (exact) mass is 437 g/mol. The molecule has 0 saturated carbocycles. The second kappa shape index (κ2) is 8.15. The van der Waals surface area contributed by atoms with Gasteiger partial charge in [0.1, 0.15) is 11.5 Å². The second-order valence-electron chi connectivity index (χ2n) is 5.60. The molecule has 3 rings (SSSR count). The Balaban J connectivity index is 1.67. The predicted molar refractivity (Wildman–Crippen MR) is 107 cm³/mol. The van der Waals surface area contributed by atoms with E-state index >= 15 is 0 Å². The van der Waals surface area contributed by atoms with Gasteiger partial charge in [0.05, 0.1) is 21.2 Å². The van der Waals surface area contributed by atoms with E-state index in [1.807, 2.05) is 0 Å². The molecule has 0 atom stereocenters. The molecule has 0 aliphatic rings. The molecule has 3 aromatic rings. The van der Waals surface area contributed by atoms with Gasteiger partial charge in [-0.05, 0) is 54.6 Å². The number of primary sulfonamides is 1. The van der Waals surface area contributed by atoms with Gasteiger partial charge in [-0.1, -0.05) is 23.2 Å². The molecule has 0 unspecified atom stereocenters. The van der Waals surface area contributed by atoms with Crippen LogP contribution in [0.1, 0.15) is 16.1 Å². The number of nitrogens with zero attached hydrogens (tertiary/aromatic N) is 1. The first-order valence-corrected chi connectivity index (χ1v) is 10.1. The maximum absolute atomic E-state index is 12.0. The van der Waals surface area contributed by atoms with Crippen LogP contribution in [0, 0.1) is 0 Å². The first-order valence-electron chi connectivity index (χ1n) is 7.75. The van der Waals surface area contributed by atoms with E-state index in [0.717, 1.165) is 0 Å². The van der Waals surface area contributed by atoms with Gasteiger partial charge in [0.25, 0.3) is 5.91 Å². The van der Waals surface area contributed by atoms with Crippen LogP contribution < -0.4 is 10.6 Å². The van der Waals surface area contributed by atoms with Gasteiger partial charge in [-0.15, -0.1) is 0 Å². The number of sulfonamides is 1. The van der Waals surface area contributed by atoms with Crippen molar-refractivity contribution in [2.24, 2.45) is 10.2 Å². The summed E-state index contributed by atoms with van der Waals surface area (Å²) in [6.07, 6.45) is 1.33. The van der Waals surface area contributed by atoms with Crippen LogP contribution in [-0.2, 0) is 10.0 Å². The lowest BCUT2D eigenvalue weighted by molar-refractivity contribution is 0.0955. The summed E-state index contributed by atoms with van der Waals surface area (Å²) in [5, 5.41) is 9.52. The third kappa shape index (κ3) is 4.79. The van der Waals surface area contributed by atoms with Crippen molar-refractivity contribution in [1.29, 1.82) is 0 Å². The molecule has 0 saturated heterocycles. The number of nitrogens with two attached hydrogens (primary N) is 1. The maximum Gasteiger partial charge on any atom is 0.271 e. The lowest BCUT2D eigenvalue weighted by atomic mass is 10.2. The van der Waals surface area contributed by atoms with E-state index in [0.29, 0.717) is 27.7 Å². The van der Waals surface area contributed by atoms with Crippen LogP contribution in [-0.4, -0.2) is 20.5 Å². The van der Waals surface area contributed by atoms with E-state index < -0.39 is 15.9 Å². The Morgan fingerprint density at radius 1 is 1.04 bits per heavy atom. The molecule has 0 bridgehead atoms. The van der Waals surface area contributed by atoms with Gasteiger partial charge in [0.15, 0.2) is 0 Å². The van der Waals surface area contributed by atoms with Gasteiger partial charge in [-0.3, -0.25) is 4.79 Å². The van der Waals surface area contributed by atoms with E-state index in [4.69, 9.17) is 32.8 Å². The molecule has 3 N–H and O–H groups in total. The minimum Gasteiger partial charge on any atom is -0.455 e. The number of carbonyl (C=O) groups excluding carboxylic acids is 1. The highest BCUT2D eigenvalue weighted by Crippen LogP contribution is 2.23.